The van der Waals surface area contributed by atoms with Crippen molar-refractivity contribution < 1.29 is 9.15 Å². The second-order valence-electron chi connectivity index (χ2n) is 4.91. The van der Waals surface area contributed by atoms with Crippen molar-refractivity contribution >= 4 is 21.9 Å². The summed E-state index contributed by atoms with van der Waals surface area (Å²) in [5, 5.41) is 2.38. The molecule has 0 saturated carbocycles. The third kappa shape index (κ3) is 2.13. The summed E-state index contributed by atoms with van der Waals surface area (Å²) >= 11 is 0. The number of methoxy groups -OCH3 is 1. The molecular weight excluding hydrogens is 236 g/mol. The smallest absolute Gasteiger partial charge is 0.135 e. The highest BCUT2D eigenvalue weighted by Crippen LogP contribution is 2.31. The minimum Gasteiger partial charge on any atom is -0.456 e. The zero-order valence-electron chi connectivity index (χ0n) is 11.3. The monoisotopic (exact) mass is 254 g/mol. The molecule has 0 amide bonds. The highest BCUT2D eigenvalue weighted by Gasteiger charge is 2.12. The molecule has 1 aromatic heterocycles. The number of furan rings is 1. The molecule has 2 heteroatoms. The van der Waals surface area contributed by atoms with E-state index in [4.69, 9.17) is 9.15 Å². The van der Waals surface area contributed by atoms with Crippen LogP contribution >= 0.6 is 0 Å². The maximum atomic E-state index is 5.85. The third-order valence-corrected chi connectivity index (χ3v) is 3.73. The van der Waals surface area contributed by atoms with Crippen LogP contribution in [0.15, 0.2) is 46.9 Å². The van der Waals surface area contributed by atoms with Gasteiger partial charge in [0.1, 0.15) is 11.2 Å². The highest BCUT2D eigenvalue weighted by atomic mass is 16.5. The lowest BCUT2D eigenvalue weighted by Gasteiger charge is -2.13. The Morgan fingerprint density at radius 3 is 2.63 bits per heavy atom. The molecule has 0 bridgehead atoms. The number of rotatable bonds is 4. The van der Waals surface area contributed by atoms with Gasteiger partial charge in [0.15, 0.2) is 0 Å². The van der Waals surface area contributed by atoms with Crippen molar-refractivity contribution in [1.29, 1.82) is 0 Å². The van der Waals surface area contributed by atoms with Gasteiger partial charge in [-0.15, -0.1) is 0 Å². The molecule has 3 aromatic rings. The lowest BCUT2D eigenvalue weighted by Crippen LogP contribution is -2.04. The summed E-state index contributed by atoms with van der Waals surface area (Å²) in [6.07, 6.45) is 1.08. The van der Waals surface area contributed by atoms with Crippen LogP contribution in [0.2, 0.25) is 0 Å². The van der Waals surface area contributed by atoms with Crippen LogP contribution in [0.3, 0.4) is 0 Å². The van der Waals surface area contributed by atoms with Crippen molar-refractivity contribution in [3.05, 3.63) is 48.0 Å². The number of benzene rings is 2. The summed E-state index contributed by atoms with van der Waals surface area (Å²) in [7, 11) is 1.76. The Morgan fingerprint density at radius 1 is 1.05 bits per heavy atom. The van der Waals surface area contributed by atoms with E-state index >= 15 is 0 Å². The van der Waals surface area contributed by atoms with Gasteiger partial charge in [-0.3, -0.25) is 0 Å². The largest absolute Gasteiger partial charge is 0.456 e. The lowest BCUT2D eigenvalue weighted by atomic mass is 9.96. The average molecular weight is 254 g/mol. The van der Waals surface area contributed by atoms with Gasteiger partial charge in [0, 0.05) is 23.8 Å². The first-order valence-corrected chi connectivity index (χ1v) is 6.73. The van der Waals surface area contributed by atoms with Crippen molar-refractivity contribution in [3.8, 4) is 0 Å². The van der Waals surface area contributed by atoms with Crippen molar-refractivity contribution in [2.24, 2.45) is 0 Å². The molecule has 0 radical (unpaired) electrons. The first kappa shape index (κ1) is 12.2. The van der Waals surface area contributed by atoms with E-state index in [0.29, 0.717) is 5.92 Å². The van der Waals surface area contributed by atoms with Crippen LogP contribution < -0.4 is 0 Å². The van der Waals surface area contributed by atoms with E-state index in [1.165, 1.54) is 16.3 Å². The van der Waals surface area contributed by atoms with Gasteiger partial charge in [0.05, 0.1) is 6.61 Å². The van der Waals surface area contributed by atoms with Crippen LogP contribution in [0.1, 0.15) is 24.8 Å². The SMILES string of the molecule is CCC(COC)c1ccc2oc3ccccc3c2c1. The minimum atomic E-state index is 0.447. The topological polar surface area (TPSA) is 22.4 Å². The summed E-state index contributed by atoms with van der Waals surface area (Å²) in [6, 6.07) is 14.7. The fourth-order valence-electron chi connectivity index (χ4n) is 2.65. The summed E-state index contributed by atoms with van der Waals surface area (Å²) in [5.41, 5.74) is 3.23. The Kier molecular flexibility index (Phi) is 3.26. The van der Waals surface area contributed by atoms with Gasteiger partial charge in [-0.25, -0.2) is 0 Å². The number of para-hydroxylation sites is 1. The van der Waals surface area contributed by atoms with E-state index in [2.05, 4.69) is 37.3 Å². The molecule has 1 atom stereocenters. The normalized spacial score (nSPS) is 13.2. The van der Waals surface area contributed by atoms with Gasteiger partial charge in [0.2, 0.25) is 0 Å². The second-order valence-corrected chi connectivity index (χ2v) is 4.91. The fourth-order valence-corrected chi connectivity index (χ4v) is 2.65. The van der Waals surface area contributed by atoms with E-state index in [1.54, 1.807) is 7.11 Å². The molecule has 98 valence electrons. The molecule has 0 aliphatic carbocycles. The van der Waals surface area contributed by atoms with Gasteiger partial charge < -0.3 is 9.15 Å². The van der Waals surface area contributed by atoms with Crippen molar-refractivity contribution in [2.75, 3.05) is 13.7 Å². The Balaban J connectivity index is 2.15. The second kappa shape index (κ2) is 5.06. The van der Waals surface area contributed by atoms with E-state index in [-0.39, 0.29) is 0 Å². The summed E-state index contributed by atoms with van der Waals surface area (Å²) in [6.45, 7) is 2.96. The number of ether oxygens (including phenoxy) is 1. The summed E-state index contributed by atoms with van der Waals surface area (Å²) in [5.74, 6) is 0.447. The zero-order valence-corrected chi connectivity index (χ0v) is 11.3. The summed E-state index contributed by atoms with van der Waals surface area (Å²) < 4.78 is 11.2. The van der Waals surface area contributed by atoms with Crippen LogP contribution in [0.4, 0.5) is 0 Å². The Bertz CT molecular complexity index is 697. The minimum absolute atomic E-state index is 0.447. The van der Waals surface area contributed by atoms with E-state index in [0.717, 1.165) is 24.2 Å². The molecule has 2 aromatic carbocycles. The van der Waals surface area contributed by atoms with Crippen LogP contribution in [-0.2, 0) is 4.74 Å². The zero-order chi connectivity index (χ0) is 13.2. The van der Waals surface area contributed by atoms with Crippen LogP contribution in [0.25, 0.3) is 21.9 Å². The van der Waals surface area contributed by atoms with Gasteiger partial charge in [-0.1, -0.05) is 31.2 Å². The molecule has 0 N–H and O–H groups in total. The number of hydrogen-bond donors (Lipinski definition) is 0. The predicted molar refractivity (Wildman–Crippen MR) is 78.6 cm³/mol. The molecule has 19 heavy (non-hydrogen) atoms. The summed E-state index contributed by atoms with van der Waals surface area (Å²) in [4.78, 5) is 0. The molecule has 0 fully saturated rings. The fraction of sp³-hybridized carbons (Fsp3) is 0.294. The molecule has 0 aliphatic rings. The van der Waals surface area contributed by atoms with E-state index in [1.807, 2.05) is 12.1 Å². The van der Waals surface area contributed by atoms with Crippen LogP contribution in [-0.4, -0.2) is 13.7 Å². The van der Waals surface area contributed by atoms with Gasteiger partial charge in [-0.2, -0.15) is 0 Å². The Labute approximate surface area is 113 Å². The van der Waals surface area contributed by atoms with Crippen molar-refractivity contribution in [1.82, 2.24) is 0 Å². The number of fused-ring (bicyclic) bond motifs is 3. The molecule has 0 aliphatic heterocycles. The van der Waals surface area contributed by atoms with Crippen molar-refractivity contribution in [3.63, 3.8) is 0 Å². The first-order valence-electron chi connectivity index (χ1n) is 6.73. The molecule has 1 unspecified atom stereocenters. The number of hydrogen-bond acceptors (Lipinski definition) is 2. The van der Waals surface area contributed by atoms with Crippen LogP contribution in [0, 0.1) is 0 Å². The van der Waals surface area contributed by atoms with Crippen molar-refractivity contribution in [2.45, 2.75) is 19.3 Å². The molecule has 1 heterocycles. The van der Waals surface area contributed by atoms with Gasteiger partial charge >= 0.3 is 0 Å². The lowest BCUT2D eigenvalue weighted by molar-refractivity contribution is 0.177. The first-order chi connectivity index (χ1) is 9.33. The van der Waals surface area contributed by atoms with Gasteiger partial charge in [-0.05, 0) is 30.2 Å². The Morgan fingerprint density at radius 2 is 1.84 bits per heavy atom. The standard InChI is InChI=1S/C17H18O2/c1-3-12(11-18-2)13-8-9-17-15(10-13)14-6-4-5-7-16(14)19-17/h4-10,12H,3,11H2,1-2H3. The third-order valence-electron chi connectivity index (χ3n) is 3.73. The predicted octanol–water partition coefficient (Wildman–Crippen LogP) is 4.73. The highest BCUT2D eigenvalue weighted by molar-refractivity contribution is 6.05. The van der Waals surface area contributed by atoms with E-state index in [9.17, 15) is 0 Å². The average Bonchev–Trinajstić information content (AvgIpc) is 2.82. The maximum absolute atomic E-state index is 5.85. The molecule has 0 saturated heterocycles. The van der Waals surface area contributed by atoms with Crippen LogP contribution in [0.5, 0.6) is 0 Å². The quantitative estimate of drug-likeness (QED) is 0.671. The molecule has 3 rings (SSSR count). The Hall–Kier alpha value is -1.80. The van der Waals surface area contributed by atoms with Gasteiger partial charge in [0.25, 0.3) is 0 Å². The maximum Gasteiger partial charge on any atom is 0.135 e. The molecular formula is C17H18O2. The molecule has 0 spiro atoms. The van der Waals surface area contributed by atoms with E-state index < -0.39 is 0 Å². The molecule has 2 nitrogen and oxygen atoms in total.